The second-order valence-electron chi connectivity index (χ2n) is 5.24. The number of ether oxygens (including phenoxy) is 1. The molecule has 0 heterocycles. The molecule has 0 bridgehead atoms. The zero-order valence-electron chi connectivity index (χ0n) is 11.5. The van der Waals surface area contributed by atoms with E-state index >= 15 is 0 Å². The van der Waals surface area contributed by atoms with Crippen molar-refractivity contribution in [1.29, 1.82) is 0 Å². The largest absolute Gasteiger partial charge is 0.465 e. The van der Waals surface area contributed by atoms with Gasteiger partial charge in [0, 0.05) is 12.0 Å². The van der Waals surface area contributed by atoms with Crippen LogP contribution in [-0.2, 0) is 16.1 Å². The molecule has 1 N–H and O–H groups in total. The molecule has 0 unspecified atom stereocenters. The minimum atomic E-state index is -0.735. The van der Waals surface area contributed by atoms with Gasteiger partial charge in [-0.2, -0.15) is 0 Å². The zero-order valence-corrected chi connectivity index (χ0v) is 11.5. The molecule has 0 fully saturated rings. The van der Waals surface area contributed by atoms with Crippen LogP contribution in [0.15, 0.2) is 18.2 Å². The number of nitrogens with one attached hydrogen (secondary N) is 1. The zero-order chi connectivity index (χ0) is 14.6. The highest BCUT2D eigenvalue weighted by molar-refractivity contribution is 5.89. The molecular formula is C14H18FNO3. The Bertz CT molecular complexity index is 492. The lowest BCUT2D eigenvalue weighted by Crippen LogP contribution is -2.34. The molecule has 0 radical (unpaired) electrons. The van der Waals surface area contributed by atoms with Gasteiger partial charge in [0.2, 0.25) is 5.91 Å². The van der Waals surface area contributed by atoms with Crippen molar-refractivity contribution in [2.75, 3.05) is 7.11 Å². The number of hydrogen-bond donors (Lipinski definition) is 1. The van der Waals surface area contributed by atoms with Gasteiger partial charge in [0.05, 0.1) is 12.7 Å². The fraction of sp³-hybridized carbons (Fsp3) is 0.429. The van der Waals surface area contributed by atoms with E-state index in [0.717, 1.165) is 0 Å². The molecule has 0 aliphatic carbocycles. The van der Waals surface area contributed by atoms with E-state index in [0.29, 0.717) is 5.56 Å². The van der Waals surface area contributed by atoms with Crippen LogP contribution in [0, 0.1) is 11.2 Å². The molecular weight excluding hydrogens is 249 g/mol. The fourth-order valence-electron chi connectivity index (χ4n) is 1.40. The summed E-state index contributed by atoms with van der Waals surface area (Å²) in [7, 11) is 1.19. The van der Waals surface area contributed by atoms with Crippen molar-refractivity contribution in [1.82, 2.24) is 5.32 Å². The van der Waals surface area contributed by atoms with Crippen LogP contribution < -0.4 is 5.32 Å². The van der Waals surface area contributed by atoms with Crippen LogP contribution in [0.5, 0.6) is 0 Å². The van der Waals surface area contributed by atoms with Crippen molar-refractivity contribution in [3.05, 3.63) is 35.1 Å². The Kier molecular flexibility index (Phi) is 4.64. The first kappa shape index (κ1) is 15.1. The predicted octanol–water partition coefficient (Wildman–Crippen LogP) is 2.27. The maximum atomic E-state index is 13.4. The van der Waals surface area contributed by atoms with Crippen LogP contribution in [0.2, 0.25) is 0 Å². The van der Waals surface area contributed by atoms with Crippen molar-refractivity contribution in [2.45, 2.75) is 27.3 Å². The molecule has 4 nitrogen and oxygen atoms in total. The van der Waals surface area contributed by atoms with E-state index in [-0.39, 0.29) is 18.0 Å². The first-order chi connectivity index (χ1) is 8.75. The minimum Gasteiger partial charge on any atom is -0.465 e. The van der Waals surface area contributed by atoms with E-state index < -0.39 is 17.2 Å². The van der Waals surface area contributed by atoms with Crippen LogP contribution >= 0.6 is 0 Å². The van der Waals surface area contributed by atoms with E-state index in [4.69, 9.17) is 0 Å². The van der Waals surface area contributed by atoms with Crippen LogP contribution in [0.3, 0.4) is 0 Å². The Balaban J connectivity index is 2.81. The van der Waals surface area contributed by atoms with E-state index in [9.17, 15) is 14.0 Å². The van der Waals surface area contributed by atoms with Gasteiger partial charge < -0.3 is 10.1 Å². The number of methoxy groups -OCH3 is 1. The van der Waals surface area contributed by atoms with Crippen molar-refractivity contribution < 1.29 is 18.7 Å². The first-order valence-corrected chi connectivity index (χ1v) is 5.90. The molecule has 0 aliphatic rings. The molecule has 1 aromatic rings. The molecule has 0 saturated carbocycles. The smallest absolute Gasteiger partial charge is 0.340 e. The van der Waals surface area contributed by atoms with E-state index in [1.54, 1.807) is 20.8 Å². The monoisotopic (exact) mass is 267 g/mol. The van der Waals surface area contributed by atoms with Crippen LogP contribution in [0.25, 0.3) is 0 Å². The lowest BCUT2D eigenvalue weighted by molar-refractivity contribution is -0.128. The van der Waals surface area contributed by atoms with Gasteiger partial charge in [0.15, 0.2) is 0 Å². The maximum absolute atomic E-state index is 13.4. The SMILES string of the molecule is COC(=O)c1cc(CNC(=O)C(C)(C)C)ccc1F. The lowest BCUT2D eigenvalue weighted by Gasteiger charge is -2.17. The summed E-state index contributed by atoms with van der Waals surface area (Å²) in [6.45, 7) is 5.63. The van der Waals surface area contributed by atoms with Gasteiger partial charge in [-0.15, -0.1) is 0 Å². The van der Waals surface area contributed by atoms with Crippen LogP contribution in [-0.4, -0.2) is 19.0 Å². The Morgan fingerprint density at radius 2 is 1.95 bits per heavy atom. The number of rotatable bonds is 3. The second kappa shape index (κ2) is 5.82. The predicted molar refractivity (Wildman–Crippen MR) is 69.0 cm³/mol. The topological polar surface area (TPSA) is 55.4 Å². The quantitative estimate of drug-likeness (QED) is 0.855. The molecule has 1 amide bonds. The van der Waals surface area contributed by atoms with Gasteiger partial charge in [0.25, 0.3) is 0 Å². The third kappa shape index (κ3) is 4.05. The third-order valence-corrected chi connectivity index (χ3v) is 2.57. The summed E-state index contributed by atoms with van der Waals surface area (Å²) in [6, 6.07) is 4.08. The van der Waals surface area contributed by atoms with Gasteiger partial charge in [-0.25, -0.2) is 9.18 Å². The number of hydrogen-bond acceptors (Lipinski definition) is 3. The summed E-state index contributed by atoms with van der Waals surface area (Å²) in [5.41, 5.74) is 0.00925. The van der Waals surface area contributed by atoms with Gasteiger partial charge in [0.1, 0.15) is 5.82 Å². The Morgan fingerprint density at radius 3 is 2.47 bits per heavy atom. The van der Waals surface area contributed by atoms with Gasteiger partial charge in [-0.1, -0.05) is 26.8 Å². The summed E-state index contributed by atoms with van der Waals surface area (Å²) in [5.74, 6) is -1.49. The average molecular weight is 267 g/mol. The molecule has 1 rings (SSSR count). The van der Waals surface area contributed by atoms with Gasteiger partial charge in [-0.3, -0.25) is 4.79 Å². The number of carbonyl (C=O) groups is 2. The highest BCUT2D eigenvalue weighted by Crippen LogP contribution is 2.15. The summed E-state index contributed by atoms with van der Waals surface area (Å²) in [5, 5.41) is 2.73. The molecule has 1 aromatic carbocycles. The summed E-state index contributed by atoms with van der Waals surface area (Å²) in [6.07, 6.45) is 0. The van der Waals surface area contributed by atoms with Crippen LogP contribution in [0.1, 0.15) is 36.7 Å². The standard InChI is InChI=1S/C14H18FNO3/c1-14(2,3)13(18)16-8-9-5-6-11(15)10(7-9)12(17)19-4/h5-7H,8H2,1-4H3,(H,16,18). The Morgan fingerprint density at radius 1 is 1.32 bits per heavy atom. The molecule has 104 valence electrons. The minimum absolute atomic E-state index is 0.114. The number of esters is 1. The Hall–Kier alpha value is -1.91. The average Bonchev–Trinajstić information content (AvgIpc) is 2.35. The first-order valence-electron chi connectivity index (χ1n) is 5.90. The second-order valence-corrected chi connectivity index (χ2v) is 5.24. The normalized spacial score (nSPS) is 11.0. The summed E-state index contributed by atoms with van der Waals surface area (Å²) < 4.78 is 17.9. The van der Waals surface area contributed by atoms with Crippen molar-refractivity contribution in [2.24, 2.45) is 5.41 Å². The summed E-state index contributed by atoms with van der Waals surface area (Å²) >= 11 is 0. The van der Waals surface area contributed by atoms with Gasteiger partial charge in [-0.05, 0) is 17.7 Å². The molecule has 0 aromatic heterocycles. The third-order valence-electron chi connectivity index (χ3n) is 2.57. The van der Waals surface area contributed by atoms with Gasteiger partial charge >= 0.3 is 5.97 Å². The Labute approximate surface area is 112 Å². The molecule has 5 heteroatoms. The lowest BCUT2D eigenvalue weighted by atomic mass is 9.95. The highest BCUT2D eigenvalue weighted by Gasteiger charge is 2.21. The maximum Gasteiger partial charge on any atom is 0.340 e. The number of carbonyl (C=O) groups excluding carboxylic acids is 2. The van der Waals surface area contributed by atoms with Crippen molar-refractivity contribution in [3.63, 3.8) is 0 Å². The summed E-state index contributed by atoms with van der Waals surface area (Å²) in [4.78, 5) is 23.0. The van der Waals surface area contributed by atoms with Crippen molar-refractivity contribution >= 4 is 11.9 Å². The molecule has 0 atom stereocenters. The molecule has 0 saturated heterocycles. The molecule has 19 heavy (non-hydrogen) atoms. The number of halogens is 1. The van der Waals surface area contributed by atoms with E-state index in [1.165, 1.54) is 25.3 Å². The molecule has 0 spiro atoms. The van der Waals surface area contributed by atoms with Crippen molar-refractivity contribution in [3.8, 4) is 0 Å². The highest BCUT2D eigenvalue weighted by atomic mass is 19.1. The fourth-order valence-corrected chi connectivity index (χ4v) is 1.40. The van der Waals surface area contributed by atoms with E-state index in [2.05, 4.69) is 10.1 Å². The van der Waals surface area contributed by atoms with Crippen LogP contribution in [0.4, 0.5) is 4.39 Å². The molecule has 0 aliphatic heterocycles. The van der Waals surface area contributed by atoms with E-state index in [1.807, 2.05) is 0 Å². The number of amides is 1. The number of benzene rings is 1.